The van der Waals surface area contributed by atoms with Gasteiger partial charge in [0.15, 0.2) is 0 Å². The van der Waals surface area contributed by atoms with Crippen molar-refractivity contribution in [3.05, 3.63) is 59.5 Å². The molecule has 3 heteroatoms. The molecule has 0 atom stereocenters. The van der Waals surface area contributed by atoms with Gasteiger partial charge in [0.2, 0.25) is 0 Å². The molecule has 0 amide bonds. The number of benzene rings is 1. The second-order valence-corrected chi connectivity index (χ2v) is 3.93. The van der Waals surface area contributed by atoms with Gasteiger partial charge in [-0.15, -0.1) is 0 Å². The van der Waals surface area contributed by atoms with Crippen LogP contribution in [0.1, 0.15) is 23.8 Å². The van der Waals surface area contributed by atoms with Gasteiger partial charge in [0, 0.05) is 0 Å². The van der Waals surface area contributed by atoms with Crippen molar-refractivity contribution in [3.8, 4) is 0 Å². The van der Waals surface area contributed by atoms with Crippen LogP contribution in [-0.2, 0) is 11.2 Å². The van der Waals surface area contributed by atoms with Gasteiger partial charge in [-0.05, 0) is 35.8 Å². The second kappa shape index (κ2) is 5.36. The fraction of sp³-hybridized carbons (Fsp3) is 0.133. The molecule has 0 radical (unpaired) electrons. The lowest BCUT2D eigenvalue weighted by atomic mass is 10.0. The Morgan fingerprint density at radius 2 is 2.00 bits per heavy atom. The van der Waals surface area contributed by atoms with E-state index in [1.165, 1.54) is 17.9 Å². The first-order valence-electron chi connectivity index (χ1n) is 5.78. The third-order valence-electron chi connectivity index (χ3n) is 2.73. The quantitative estimate of drug-likeness (QED) is 0.835. The minimum Gasteiger partial charge on any atom is -0.478 e. The van der Waals surface area contributed by atoms with Crippen LogP contribution in [0.3, 0.4) is 0 Å². The lowest BCUT2D eigenvalue weighted by Crippen LogP contribution is -1.99. The van der Waals surface area contributed by atoms with Gasteiger partial charge in [-0.3, -0.25) is 0 Å². The van der Waals surface area contributed by atoms with Crippen LogP contribution in [-0.4, -0.2) is 11.1 Å². The summed E-state index contributed by atoms with van der Waals surface area (Å²) < 4.78 is 5.14. The molecule has 1 aromatic heterocycles. The van der Waals surface area contributed by atoms with E-state index in [1.807, 2.05) is 24.3 Å². The summed E-state index contributed by atoms with van der Waals surface area (Å²) in [4.78, 5) is 11.3. The van der Waals surface area contributed by atoms with Crippen LogP contribution in [0.5, 0.6) is 0 Å². The van der Waals surface area contributed by atoms with E-state index in [-0.39, 0.29) is 5.57 Å². The van der Waals surface area contributed by atoms with Gasteiger partial charge in [0.05, 0.1) is 11.8 Å². The van der Waals surface area contributed by atoms with Crippen LogP contribution < -0.4 is 0 Å². The highest BCUT2D eigenvalue weighted by atomic mass is 16.4. The lowest BCUT2D eigenvalue weighted by Gasteiger charge is -2.03. The van der Waals surface area contributed by atoms with Gasteiger partial charge in [-0.25, -0.2) is 4.79 Å². The molecule has 0 spiro atoms. The van der Waals surface area contributed by atoms with Crippen LogP contribution in [0.4, 0.5) is 0 Å². The molecule has 0 aliphatic rings. The van der Waals surface area contributed by atoms with Gasteiger partial charge >= 0.3 is 5.97 Å². The largest absolute Gasteiger partial charge is 0.478 e. The van der Waals surface area contributed by atoms with E-state index in [0.29, 0.717) is 11.3 Å². The van der Waals surface area contributed by atoms with Crippen molar-refractivity contribution < 1.29 is 14.3 Å². The molecule has 1 N–H and O–H groups in total. The number of furan rings is 1. The van der Waals surface area contributed by atoms with E-state index in [9.17, 15) is 9.90 Å². The minimum absolute atomic E-state index is 0.229. The molecule has 18 heavy (non-hydrogen) atoms. The maximum Gasteiger partial charge on any atom is 0.336 e. The van der Waals surface area contributed by atoms with Crippen molar-refractivity contribution in [2.75, 3.05) is 0 Å². The lowest BCUT2D eigenvalue weighted by molar-refractivity contribution is -0.130. The Bertz CT molecular complexity index is 548. The fourth-order valence-electron chi connectivity index (χ4n) is 1.70. The maximum atomic E-state index is 11.3. The molecule has 2 aromatic rings. The number of hydrogen-bond acceptors (Lipinski definition) is 2. The molecule has 1 heterocycles. The summed E-state index contributed by atoms with van der Waals surface area (Å²) in [6.45, 7) is 2.06. The average Bonchev–Trinajstić information content (AvgIpc) is 2.89. The zero-order valence-corrected chi connectivity index (χ0v) is 10.1. The van der Waals surface area contributed by atoms with Crippen LogP contribution >= 0.6 is 0 Å². The molecular formula is C15H14O3. The predicted octanol–water partition coefficient (Wildman–Crippen LogP) is 3.47. The zero-order chi connectivity index (χ0) is 13.0. The van der Waals surface area contributed by atoms with Gasteiger partial charge in [-0.2, -0.15) is 0 Å². The summed E-state index contributed by atoms with van der Waals surface area (Å²) in [5, 5.41) is 9.24. The van der Waals surface area contributed by atoms with Crippen LogP contribution in [0, 0.1) is 0 Å². The molecule has 0 saturated carbocycles. The number of aryl methyl sites for hydroxylation is 1. The molecule has 0 bridgehead atoms. The Labute approximate surface area is 105 Å². The number of carboxylic acids is 1. The highest BCUT2D eigenvalue weighted by Gasteiger charge is 2.11. The Balaban J connectivity index is 2.38. The van der Waals surface area contributed by atoms with E-state index in [2.05, 4.69) is 6.92 Å². The third kappa shape index (κ3) is 2.69. The number of hydrogen-bond donors (Lipinski definition) is 1. The molecule has 0 fully saturated rings. The first kappa shape index (κ1) is 12.2. The molecule has 1 aromatic carbocycles. The predicted molar refractivity (Wildman–Crippen MR) is 70.0 cm³/mol. The Morgan fingerprint density at radius 3 is 2.50 bits per heavy atom. The van der Waals surface area contributed by atoms with Crippen LogP contribution in [0.25, 0.3) is 11.6 Å². The highest BCUT2D eigenvalue weighted by molar-refractivity contribution is 6.20. The smallest absolute Gasteiger partial charge is 0.336 e. The van der Waals surface area contributed by atoms with Crippen LogP contribution in [0.2, 0.25) is 0 Å². The average molecular weight is 242 g/mol. The monoisotopic (exact) mass is 242 g/mol. The minimum atomic E-state index is -0.962. The Kier molecular flexibility index (Phi) is 3.63. The van der Waals surface area contributed by atoms with Crippen LogP contribution in [0.15, 0.2) is 47.1 Å². The van der Waals surface area contributed by atoms with E-state index < -0.39 is 5.97 Å². The summed E-state index contributed by atoms with van der Waals surface area (Å²) in [5.41, 5.74) is 2.09. The Hall–Kier alpha value is -2.29. The van der Waals surface area contributed by atoms with E-state index in [4.69, 9.17) is 4.42 Å². The second-order valence-electron chi connectivity index (χ2n) is 3.93. The summed E-state index contributed by atoms with van der Waals surface area (Å²) in [6.07, 6.45) is 3.99. The van der Waals surface area contributed by atoms with Crippen molar-refractivity contribution in [3.63, 3.8) is 0 Å². The molecule has 0 aliphatic heterocycles. The van der Waals surface area contributed by atoms with E-state index in [1.54, 1.807) is 12.1 Å². The van der Waals surface area contributed by atoms with Gasteiger partial charge in [-0.1, -0.05) is 31.2 Å². The van der Waals surface area contributed by atoms with Gasteiger partial charge in [0.1, 0.15) is 5.76 Å². The van der Waals surface area contributed by atoms with Crippen molar-refractivity contribution in [2.24, 2.45) is 0 Å². The van der Waals surface area contributed by atoms with Crippen molar-refractivity contribution in [1.29, 1.82) is 0 Å². The molecule has 0 unspecified atom stereocenters. The van der Waals surface area contributed by atoms with Crippen molar-refractivity contribution in [2.45, 2.75) is 13.3 Å². The summed E-state index contributed by atoms with van der Waals surface area (Å²) in [7, 11) is 0. The highest BCUT2D eigenvalue weighted by Crippen LogP contribution is 2.19. The molecular weight excluding hydrogens is 228 g/mol. The fourth-order valence-corrected chi connectivity index (χ4v) is 1.70. The number of carboxylic acid groups (broad SMARTS) is 1. The van der Waals surface area contributed by atoms with E-state index in [0.717, 1.165) is 6.42 Å². The topological polar surface area (TPSA) is 50.4 Å². The summed E-state index contributed by atoms with van der Waals surface area (Å²) in [5.74, 6) is -0.428. The Morgan fingerprint density at radius 1 is 1.28 bits per heavy atom. The van der Waals surface area contributed by atoms with Crippen molar-refractivity contribution in [1.82, 2.24) is 0 Å². The molecule has 3 nitrogen and oxygen atoms in total. The standard InChI is InChI=1S/C15H14O3/c1-2-11-5-7-12(8-6-11)14(15(16)17)10-13-4-3-9-18-13/h3-10H,2H2,1H3,(H,16,17)/b14-10-. The SMILES string of the molecule is CCc1ccc(/C(=C/c2ccco2)C(=O)O)cc1. The first-order chi connectivity index (χ1) is 8.70. The van der Waals surface area contributed by atoms with Gasteiger partial charge < -0.3 is 9.52 Å². The van der Waals surface area contributed by atoms with Gasteiger partial charge in [0.25, 0.3) is 0 Å². The summed E-state index contributed by atoms with van der Waals surface area (Å²) >= 11 is 0. The molecule has 0 saturated heterocycles. The maximum absolute atomic E-state index is 11.3. The molecule has 0 aliphatic carbocycles. The number of carbonyl (C=O) groups is 1. The first-order valence-corrected chi connectivity index (χ1v) is 5.78. The summed E-state index contributed by atoms with van der Waals surface area (Å²) in [6, 6.07) is 11.0. The van der Waals surface area contributed by atoms with E-state index >= 15 is 0 Å². The number of aliphatic carboxylic acids is 1. The molecule has 2 rings (SSSR count). The normalized spacial score (nSPS) is 11.5. The third-order valence-corrected chi connectivity index (χ3v) is 2.73. The van der Waals surface area contributed by atoms with Crippen molar-refractivity contribution >= 4 is 17.6 Å². The zero-order valence-electron chi connectivity index (χ0n) is 10.1. The number of rotatable bonds is 4. The molecule has 92 valence electrons.